The van der Waals surface area contributed by atoms with Crippen molar-refractivity contribution in [3.8, 4) is 5.75 Å². The molecule has 20 heavy (non-hydrogen) atoms. The molecule has 0 aliphatic carbocycles. The molecule has 0 heterocycles. The highest BCUT2D eigenvalue weighted by atomic mass is 16.6. The van der Waals surface area contributed by atoms with Gasteiger partial charge in [-0.2, -0.15) is 0 Å². The lowest BCUT2D eigenvalue weighted by molar-refractivity contribution is -0.384. The summed E-state index contributed by atoms with van der Waals surface area (Å²) in [4.78, 5) is 10.5. The van der Waals surface area contributed by atoms with Gasteiger partial charge in [0.2, 0.25) is 0 Å². The molecule has 0 fully saturated rings. The van der Waals surface area contributed by atoms with Crippen molar-refractivity contribution < 1.29 is 9.66 Å². The maximum atomic E-state index is 10.9. The van der Waals surface area contributed by atoms with Gasteiger partial charge in [-0.25, -0.2) is 0 Å². The Bertz CT molecular complexity index is 447. The molecule has 0 bridgehead atoms. The van der Waals surface area contributed by atoms with E-state index in [1.807, 2.05) is 0 Å². The van der Waals surface area contributed by atoms with E-state index in [0.29, 0.717) is 11.7 Å². The van der Waals surface area contributed by atoms with Crippen molar-refractivity contribution >= 4 is 11.4 Å². The Balaban J connectivity index is 2.66. The number of hydrogen-bond acceptors (Lipinski definition) is 4. The Morgan fingerprint density at radius 3 is 2.50 bits per heavy atom. The molecule has 1 aromatic rings. The van der Waals surface area contributed by atoms with Crippen molar-refractivity contribution in [1.29, 1.82) is 0 Å². The molecule has 1 unspecified atom stereocenters. The fourth-order valence-electron chi connectivity index (χ4n) is 2.08. The van der Waals surface area contributed by atoms with E-state index >= 15 is 0 Å². The second kappa shape index (κ2) is 7.72. The molecule has 0 amide bonds. The lowest BCUT2D eigenvalue weighted by atomic mass is 10.0. The molecule has 1 rings (SSSR count). The summed E-state index contributed by atoms with van der Waals surface area (Å²) in [6, 6.07) is 5.03. The monoisotopic (exact) mass is 280 g/mol. The number of non-ortho nitro benzene ring substituents is 1. The van der Waals surface area contributed by atoms with Crippen LogP contribution in [0, 0.1) is 16.0 Å². The first-order valence-corrected chi connectivity index (χ1v) is 7.02. The van der Waals surface area contributed by atoms with Gasteiger partial charge in [0, 0.05) is 23.9 Å². The predicted octanol–water partition coefficient (Wildman–Crippen LogP) is 4.23. The van der Waals surface area contributed by atoms with Crippen molar-refractivity contribution in [3.63, 3.8) is 0 Å². The van der Waals surface area contributed by atoms with Crippen LogP contribution in [0.1, 0.15) is 40.0 Å². The summed E-state index contributed by atoms with van der Waals surface area (Å²) in [6.45, 7) is 6.51. The van der Waals surface area contributed by atoms with E-state index in [1.165, 1.54) is 19.6 Å². The molecule has 0 aliphatic rings. The minimum Gasteiger partial charge on any atom is -0.496 e. The first-order chi connectivity index (χ1) is 9.42. The number of nitrogens with zero attached hydrogens (tertiary/aromatic N) is 1. The van der Waals surface area contributed by atoms with Crippen LogP contribution in [-0.4, -0.2) is 18.1 Å². The van der Waals surface area contributed by atoms with Crippen LogP contribution >= 0.6 is 0 Å². The molecule has 0 saturated carbocycles. The largest absolute Gasteiger partial charge is 0.496 e. The summed E-state index contributed by atoms with van der Waals surface area (Å²) in [5, 5.41) is 14.2. The van der Waals surface area contributed by atoms with Gasteiger partial charge >= 0.3 is 0 Å². The van der Waals surface area contributed by atoms with Gasteiger partial charge in [-0.05, 0) is 19.3 Å². The summed E-state index contributed by atoms with van der Waals surface area (Å²) < 4.78 is 5.10. The van der Waals surface area contributed by atoms with Crippen molar-refractivity contribution in [3.05, 3.63) is 28.3 Å². The van der Waals surface area contributed by atoms with E-state index in [-0.39, 0.29) is 11.7 Å². The normalized spacial score (nSPS) is 12.2. The lowest BCUT2D eigenvalue weighted by Crippen LogP contribution is -2.15. The van der Waals surface area contributed by atoms with Gasteiger partial charge in [0.1, 0.15) is 5.75 Å². The van der Waals surface area contributed by atoms with Crippen LogP contribution in [-0.2, 0) is 0 Å². The zero-order valence-corrected chi connectivity index (χ0v) is 12.7. The number of nitrogens with one attached hydrogen (secondary N) is 1. The number of nitro benzene ring substituents is 1. The van der Waals surface area contributed by atoms with Gasteiger partial charge in [0.25, 0.3) is 5.69 Å². The van der Waals surface area contributed by atoms with Gasteiger partial charge in [-0.3, -0.25) is 10.1 Å². The highest BCUT2D eigenvalue weighted by molar-refractivity contribution is 5.56. The molecule has 0 spiro atoms. The maximum absolute atomic E-state index is 10.9. The highest BCUT2D eigenvalue weighted by Crippen LogP contribution is 2.26. The molecule has 0 saturated heterocycles. The van der Waals surface area contributed by atoms with Crippen LogP contribution in [0.5, 0.6) is 5.75 Å². The number of ether oxygens (including phenoxy) is 1. The van der Waals surface area contributed by atoms with Crippen molar-refractivity contribution in [2.24, 2.45) is 5.92 Å². The highest BCUT2D eigenvalue weighted by Gasteiger charge is 2.11. The molecular formula is C15H24N2O3. The minimum absolute atomic E-state index is 0.0428. The molecule has 0 aliphatic heterocycles. The summed E-state index contributed by atoms with van der Waals surface area (Å²) in [5.41, 5.74) is 0.773. The fraction of sp³-hybridized carbons (Fsp3) is 0.600. The molecule has 1 aromatic carbocycles. The SMILES string of the molecule is COc1cc(NC(C)CCCC(C)C)cc([N+](=O)[O-])c1. The first kappa shape index (κ1) is 16.3. The third-order valence-corrected chi connectivity index (χ3v) is 3.17. The third-order valence-electron chi connectivity index (χ3n) is 3.17. The average Bonchev–Trinajstić information content (AvgIpc) is 2.37. The molecule has 112 valence electrons. The lowest BCUT2D eigenvalue weighted by Gasteiger charge is -2.16. The van der Waals surface area contributed by atoms with Gasteiger partial charge in [0.05, 0.1) is 18.1 Å². The van der Waals surface area contributed by atoms with Gasteiger partial charge in [-0.15, -0.1) is 0 Å². The first-order valence-electron chi connectivity index (χ1n) is 7.02. The van der Waals surface area contributed by atoms with E-state index in [0.717, 1.165) is 18.5 Å². The minimum atomic E-state index is -0.406. The quantitative estimate of drug-likeness (QED) is 0.571. The van der Waals surface area contributed by atoms with E-state index in [4.69, 9.17) is 4.74 Å². The second-order valence-corrected chi connectivity index (χ2v) is 5.55. The van der Waals surface area contributed by atoms with E-state index in [9.17, 15) is 10.1 Å². The number of anilines is 1. The van der Waals surface area contributed by atoms with E-state index in [1.54, 1.807) is 12.1 Å². The molecule has 1 N–H and O–H groups in total. The molecule has 5 nitrogen and oxygen atoms in total. The van der Waals surface area contributed by atoms with Gasteiger partial charge in [-0.1, -0.05) is 26.7 Å². The van der Waals surface area contributed by atoms with E-state index in [2.05, 4.69) is 26.1 Å². The summed E-state index contributed by atoms with van der Waals surface area (Å²) in [7, 11) is 1.51. The summed E-state index contributed by atoms with van der Waals surface area (Å²) in [6.07, 6.45) is 3.39. The second-order valence-electron chi connectivity index (χ2n) is 5.55. The maximum Gasteiger partial charge on any atom is 0.275 e. The van der Waals surface area contributed by atoms with Crippen LogP contribution in [0.2, 0.25) is 0 Å². The Labute approximate surface area is 120 Å². The zero-order chi connectivity index (χ0) is 15.1. The van der Waals surface area contributed by atoms with Crippen molar-refractivity contribution in [2.75, 3.05) is 12.4 Å². The molecule has 0 aromatic heterocycles. The number of rotatable bonds is 8. The molecule has 0 radical (unpaired) electrons. The molecular weight excluding hydrogens is 256 g/mol. The Morgan fingerprint density at radius 2 is 1.95 bits per heavy atom. The van der Waals surface area contributed by atoms with Gasteiger partial charge in [0.15, 0.2) is 0 Å². The Hall–Kier alpha value is -1.78. The van der Waals surface area contributed by atoms with Crippen molar-refractivity contribution in [2.45, 2.75) is 46.1 Å². The number of methoxy groups -OCH3 is 1. The van der Waals surface area contributed by atoms with Crippen LogP contribution < -0.4 is 10.1 Å². The van der Waals surface area contributed by atoms with Crippen LogP contribution in [0.3, 0.4) is 0 Å². The summed E-state index contributed by atoms with van der Waals surface area (Å²) in [5.74, 6) is 1.20. The Kier molecular flexibility index (Phi) is 6.28. The van der Waals surface area contributed by atoms with Crippen LogP contribution in [0.15, 0.2) is 18.2 Å². The van der Waals surface area contributed by atoms with E-state index < -0.39 is 4.92 Å². The number of nitro groups is 1. The smallest absolute Gasteiger partial charge is 0.275 e. The standard InChI is InChI=1S/C15H24N2O3/c1-11(2)6-5-7-12(3)16-13-8-14(17(18)19)10-15(9-13)20-4/h8-12,16H,5-7H2,1-4H3. The predicted molar refractivity (Wildman–Crippen MR) is 81.4 cm³/mol. The summed E-state index contributed by atoms with van der Waals surface area (Å²) >= 11 is 0. The fourth-order valence-corrected chi connectivity index (χ4v) is 2.08. The Morgan fingerprint density at radius 1 is 1.25 bits per heavy atom. The molecule has 1 atom stereocenters. The average molecular weight is 280 g/mol. The van der Waals surface area contributed by atoms with Gasteiger partial charge < -0.3 is 10.1 Å². The third kappa shape index (κ3) is 5.47. The number of hydrogen-bond donors (Lipinski definition) is 1. The topological polar surface area (TPSA) is 64.4 Å². The van der Waals surface area contributed by atoms with Crippen LogP contribution in [0.25, 0.3) is 0 Å². The van der Waals surface area contributed by atoms with Crippen LogP contribution in [0.4, 0.5) is 11.4 Å². The zero-order valence-electron chi connectivity index (χ0n) is 12.7. The number of benzene rings is 1. The van der Waals surface area contributed by atoms with Crippen molar-refractivity contribution in [1.82, 2.24) is 0 Å². The molecule has 5 heteroatoms.